The number of benzene rings is 1. The van der Waals surface area contributed by atoms with E-state index in [0.717, 1.165) is 25.2 Å². The van der Waals surface area contributed by atoms with E-state index < -0.39 is 0 Å². The summed E-state index contributed by atoms with van der Waals surface area (Å²) in [5.41, 5.74) is 3.86. The van der Waals surface area contributed by atoms with Crippen molar-refractivity contribution in [1.82, 2.24) is 9.88 Å². The Bertz CT molecular complexity index is 526. The van der Waals surface area contributed by atoms with Crippen molar-refractivity contribution in [3.8, 4) is 0 Å². The Labute approximate surface area is 120 Å². The van der Waals surface area contributed by atoms with Gasteiger partial charge in [0.2, 0.25) is 0 Å². The maximum atomic E-state index is 4.41. The van der Waals surface area contributed by atoms with Crippen LogP contribution in [0.2, 0.25) is 0 Å². The topological polar surface area (TPSA) is 28.2 Å². The van der Waals surface area contributed by atoms with Crippen molar-refractivity contribution >= 4 is 5.69 Å². The highest BCUT2D eigenvalue weighted by atomic mass is 15.2. The minimum Gasteiger partial charge on any atom is -0.383 e. The van der Waals surface area contributed by atoms with Crippen LogP contribution in [0.4, 0.5) is 5.69 Å². The number of pyridine rings is 1. The van der Waals surface area contributed by atoms with Gasteiger partial charge in [0.25, 0.3) is 0 Å². The van der Waals surface area contributed by atoms with Crippen LogP contribution in [-0.4, -0.2) is 29.5 Å². The largest absolute Gasteiger partial charge is 0.383 e. The summed E-state index contributed by atoms with van der Waals surface area (Å²) in [6.45, 7) is 1.91. The van der Waals surface area contributed by atoms with Crippen LogP contribution in [0, 0.1) is 0 Å². The second-order valence-electron chi connectivity index (χ2n) is 5.47. The van der Waals surface area contributed by atoms with Crippen LogP contribution < -0.4 is 5.32 Å². The lowest BCUT2D eigenvalue weighted by atomic mass is 10.1. The van der Waals surface area contributed by atoms with Gasteiger partial charge in [0.05, 0.1) is 5.69 Å². The molecular formula is C17H21N3. The van der Waals surface area contributed by atoms with Crippen LogP contribution >= 0.6 is 0 Å². The number of anilines is 1. The molecule has 20 heavy (non-hydrogen) atoms. The first-order valence-corrected chi connectivity index (χ1v) is 7.25. The van der Waals surface area contributed by atoms with E-state index in [-0.39, 0.29) is 0 Å². The molecule has 0 saturated heterocycles. The zero-order valence-corrected chi connectivity index (χ0v) is 11.9. The molecule has 104 valence electrons. The fourth-order valence-corrected chi connectivity index (χ4v) is 2.82. The summed E-state index contributed by atoms with van der Waals surface area (Å²) in [6.07, 6.45) is 4.19. The van der Waals surface area contributed by atoms with Crippen molar-refractivity contribution in [3.63, 3.8) is 0 Å². The number of aryl methyl sites for hydroxylation is 1. The van der Waals surface area contributed by atoms with Gasteiger partial charge >= 0.3 is 0 Å². The van der Waals surface area contributed by atoms with E-state index in [0.29, 0.717) is 6.04 Å². The predicted octanol–water partition coefficient (Wildman–Crippen LogP) is 2.94. The van der Waals surface area contributed by atoms with E-state index in [1.165, 1.54) is 17.7 Å². The Morgan fingerprint density at radius 2 is 2.05 bits per heavy atom. The smallest absolute Gasteiger partial charge is 0.0543 e. The molecule has 2 heterocycles. The average molecular weight is 267 g/mol. The van der Waals surface area contributed by atoms with Gasteiger partial charge in [-0.3, -0.25) is 9.88 Å². The molecule has 1 aliphatic heterocycles. The van der Waals surface area contributed by atoms with Gasteiger partial charge in [0, 0.05) is 31.0 Å². The zero-order valence-electron chi connectivity index (χ0n) is 11.9. The lowest BCUT2D eigenvalue weighted by molar-refractivity contribution is 0.231. The van der Waals surface area contributed by atoms with E-state index >= 15 is 0 Å². The summed E-state index contributed by atoms with van der Waals surface area (Å²) in [5.74, 6) is 0. The Kier molecular flexibility index (Phi) is 3.97. The molecule has 1 aromatic carbocycles. The van der Waals surface area contributed by atoms with E-state index in [9.17, 15) is 0 Å². The van der Waals surface area contributed by atoms with Gasteiger partial charge in [-0.1, -0.05) is 24.3 Å². The minimum atomic E-state index is 0.546. The number of likely N-dealkylation sites (N-methyl/N-ethyl adjacent to an activating group) is 1. The molecule has 1 unspecified atom stereocenters. The summed E-state index contributed by atoms with van der Waals surface area (Å²) < 4.78 is 0. The predicted molar refractivity (Wildman–Crippen MR) is 82.7 cm³/mol. The highest BCUT2D eigenvalue weighted by molar-refractivity contribution is 5.52. The van der Waals surface area contributed by atoms with Gasteiger partial charge in [-0.15, -0.1) is 0 Å². The second kappa shape index (κ2) is 6.06. The normalized spacial score (nSPS) is 18.2. The molecule has 3 nitrogen and oxygen atoms in total. The number of nitrogens with one attached hydrogen (secondary N) is 1. The molecule has 0 radical (unpaired) electrons. The highest BCUT2D eigenvalue weighted by Gasteiger charge is 2.19. The van der Waals surface area contributed by atoms with Crippen LogP contribution in [0.1, 0.15) is 17.7 Å². The summed E-state index contributed by atoms with van der Waals surface area (Å²) in [4.78, 5) is 6.82. The molecule has 2 aromatic rings. The fraction of sp³-hybridized carbons (Fsp3) is 0.353. The maximum Gasteiger partial charge on any atom is 0.0543 e. The fourth-order valence-electron chi connectivity index (χ4n) is 2.82. The van der Waals surface area contributed by atoms with Gasteiger partial charge < -0.3 is 5.32 Å². The molecule has 3 heteroatoms. The van der Waals surface area contributed by atoms with Gasteiger partial charge in [-0.25, -0.2) is 0 Å². The number of rotatable bonds is 3. The second-order valence-corrected chi connectivity index (χ2v) is 5.47. The molecule has 1 atom stereocenters. The summed E-state index contributed by atoms with van der Waals surface area (Å²) in [7, 11) is 2.19. The number of fused-ring (bicyclic) bond motifs is 1. The van der Waals surface area contributed by atoms with E-state index in [1.54, 1.807) is 0 Å². The number of aromatic nitrogens is 1. The van der Waals surface area contributed by atoms with Gasteiger partial charge in [0.15, 0.2) is 0 Å². The molecule has 1 aliphatic rings. The Hall–Kier alpha value is -1.87. The Balaban J connectivity index is 1.64. The van der Waals surface area contributed by atoms with Gasteiger partial charge in [0.1, 0.15) is 0 Å². The molecule has 0 amide bonds. The minimum absolute atomic E-state index is 0.546. The first kappa shape index (κ1) is 13.1. The summed E-state index contributed by atoms with van der Waals surface area (Å²) >= 11 is 0. The molecule has 0 bridgehead atoms. The van der Waals surface area contributed by atoms with Crippen LogP contribution in [0.25, 0.3) is 0 Å². The third-order valence-corrected chi connectivity index (χ3v) is 4.05. The monoisotopic (exact) mass is 267 g/mol. The Morgan fingerprint density at radius 1 is 1.20 bits per heavy atom. The van der Waals surface area contributed by atoms with E-state index in [1.807, 2.05) is 12.3 Å². The lowest BCUT2D eigenvalue weighted by Crippen LogP contribution is -2.36. The van der Waals surface area contributed by atoms with Crippen LogP contribution in [0.15, 0.2) is 48.7 Å². The van der Waals surface area contributed by atoms with E-state index in [2.05, 4.69) is 58.6 Å². The standard InChI is InChI=1S/C17H21N3/c1-20(13-15-7-4-5-11-18-15)16-10-9-14-6-2-3-8-17(14)19-12-16/h2-8,11,16,19H,9-10,12-13H2,1H3. The number of para-hydroxylation sites is 1. The number of hydrogen-bond acceptors (Lipinski definition) is 3. The Morgan fingerprint density at radius 3 is 2.90 bits per heavy atom. The van der Waals surface area contributed by atoms with Crippen LogP contribution in [0.3, 0.4) is 0 Å². The molecule has 0 aliphatic carbocycles. The molecule has 0 fully saturated rings. The molecular weight excluding hydrogens is 246 g/mol. The van der Waals surface area contributed by atoms with Gasteiger partial charge in [-0.2, -0.15) is 0 Å². The third-order valence-electron chi connectivity index (χ3n) is 4.05. The van der Waals surface area contributed by atoms with Gasteiger partial charge in [-0.05, 0) is 43.7 Å². The van der Waals surface area contributed by atoms with Crippen LogP contribution in [-0.2, 0) is 13.0 Å². The number of nitrogens with zero attached hydrogens (tertiary/aromatic N) is 2. The van der Waals surface area contributed by atoms with Crippen molar-refractivity contribution in [2.75, 3.05) is 18.9 Å². The van der Waals surface area contributed by atoms with Crippen molar-refractivity contribution < 1.29 is 0 Å². The van der Waals surface area contributed by atoms with Crippen LogP contribution in [0.5, 0.6) is 0 Å². The SMILES string of the molecule is CN(Cc1ccccn1)C1CCc2ccccc2NC1. The maximum absolute atomic E-state index is 4.41. The molecule has 1 N–H and O–H groups in total. The zero-order chi connectivity index (χ0) is 13.8. The first-order chi connectivity index (χ1) is 9.83. The molecule has 3 rings (SSSR count). The van der Waals surface area contributed by atoms with Crippen molar-refractivity contribution in [3.05, 3.63) is 59.9 Å². The van der Waals surface area contributed by atoms with Crippen molar-refractivity contribution in [2.24, 2.45) is 0 Å². The van der Waals surface area contributed by atoms with Crippen molar-refractivity contribution in [1.29, 1.82) is 0 Å². The number of hydrogen-bond donors (Lipinski definition) is 1. The molecule has 0 saturated carbocycles. The molecule has 0 spiro atoms. The lowest BCUT2D eigenvalue weighted by Gasteiger charge is -2.26. The molecule has 1 aromatic heterocycles. The average Bonchev–Trinajstić information content (AvgIpc) is 2.71. The van der Waals surface area contributed by atoms with E-state index in [4.69, 9.17) is 0 Å². The quantitative estimate of drug-likeness (QED) is 0.926. The van der Waals surface area contributed by atoms with Crippen molar-refractivity contribution in [2.45, 2.75) is 25.4 Å². The summed E-state index contributed by atoms with van der Waals surface area (Å²) in [6, 6.07) is 15.3. The summed E-state index contributed by atoms with van der Waals surface area (Å²) in [5, 5.41) is 3.58. The highest BCUT2D eigenvalue weighted by Crippen LogP contribution is 2.22. The third kappa shape index (κ3) is 2.99. The first-order valence-electron chi connectivity index (χ1n) is 7.25.